The smallest absolute Gasteiger partial charge is 0.166 e. The second-order valence-electron chi connectivity index (χ2n) is 5.79. The van der Waals surface area contributed by atoms with Crippen molar-refractivity contribution >= 4 is 0 Å². The van der Waals surface area contributed by atoms with Crippen LogP contribution < -0.4 is 4.74 Å². The van der Waals surface area contributed by atoms with Crippen LogP contribution in [0.2, 0.25) is 0 Å². The van der Waals surface area contributed by atoms with Crippen LogP contribution in [0.3, 0.4) is 0 Å². The molecule has 3 nitrogen and oxygen atoms in total. The molecule has 0 spiro atoms. The molecule has 0 amide bonds. The molecule has 112 valence electrons. The number of ether oxygens (including phenoxy) is 1. The van der Waals surface area contributed by atoms with E-state index in [0.29, 0.717) is 5.56 Å². The van der Waals surface area contributed by atoms with Crippen LogP contribution in [0.4, 0.5) is 0 Å². The molecule has 1 N–H and O–H groups in total. The van der Waals surface area contributed by atoms with Gasteiger partial charge in [-0.3, -0.25) is 0 Å². The van der Waals surface area contributed by atoms with E-state index >= 15 is 0 Å². The summed E-state index contributed by atoms with van der Waals surface area (Å²) in [7, 11) is 0. The monoisotopic (exact) mass is 293 g/mol. The summed E-state index contributed by atoms with van der Waals surface area (Å²) in [6, 6.07) is 12.1. The zero-order valence-electron chi connectivity index (χ0n) is 12.9. The Balaban J connectivity index is 2.20. The van der Waals surface area contributed by atoms with Gasteiger partial charge in [0.25, 0.3) is 0 Å². The Morgan fingerprint density at radius 2 is 1.95 bits per heavy atom. The van der Waals surface area contributed by atoms with Gasteiger partial charge in [-0.2, -0.15) is 5.26 Å². The number of aryl methyl sites for hydroxylation is 3. The highest BCUT2D eigenvalue weighted by molar-refractivity contribution is 5.74. The van der Waals surface area contributed by atoms with Crippen molar-refractivity contribution in [1.29, 1.82) is 5.26 Å². The molecule has 1 heterocycles. The van der Waals surface area contributed by atoms with Gasteiger partial charge in [-0.25, -0.2) is 0 Å². The number of hydrogen-bond donors (Lipinski definition) is 1. The lowest BCUT2D eigenvalue weighted by Gasteiger charge is -2.21. The minimum absolute atomic E-state index is 0.708. The molecule has 1 atom stereocenters. The molecule has 3 heteroatoms. The molecule has 0 aromatic heterocycles. The Bertz CT molecular complexity index is 759. The number of hydrogen-bond acceptors (Lipinski definition) is 3. The number of nitrogens with zero attached hydrogens (tertiary/aromatic N) is 1. The van der Waals surface area contributed by atoms with Crippen molar-refractivity contribution in [2.45, 2.75) is 32.8 Å². The van der Waals surface area contributed by atoms with Gasteiger partial charge in [0.2, 0.25) is 0 Å². The first-order chi connectivity index (χ1) is 10.6. The lowest BCUT2D eigenvalue weighted by molar-refractivity contribution is 0.235. The highest BCUT2D eigenvalue weighted by Crippen LogP contribution is 2.37. The van der Waals surface area contributed by atoms with E-state index in [1.54, 1.807) is 0 Å². The maximum absolute atomic E-state index is 10.1. The fourth-order valence-corrected chi connectivity index (χ4v) is 3.15. The molecule has 3 rings (SSSR count). The first-order valence-electron chi connectivity index (χ1n) is 7.55. The number of nitriles is 1. The van der Waals surface area contributed by atoms with E-state index in [1.807, 2.05) is 44.2 Å². The molecule has 0 radical (unpaired) electrons. The van der Waals surface area contributed by atoms with Gasteiger partial charge in [0.05, 0.1) is 12.7 Å². The number of rotatable bonds is 2. The van der Waals surface area contributed by atoms with Crippen LogP contribution in [-0.4, -0.2) is 11.7 Å². The summed E-state index contributed by atoms with van der Waals surface area (Å²) in [4.78, 5) is 0. The summed E-state index contributed by atoms with van der Waals surface area (Å²) in [5, 5.41) is 19.3. The van der Waals surface area contributed by atoms with Crippen LogP contribution in [0.5, 0.6) is 5.75 Å². The normalized spacial score (nSPS) is 14.6. The van der Waals surface area contributed by atoms with Gasteiger partial charge in [-0.1, -0.05) is 18.2 Å². The van der Waals surface area contributed by atoms with E-state index in [1.165, 1.54) is 5.56 Å². The molecule has 1 aliphatic heterocycles. The number of fused-ring (bicyclic) bond motifs is 1. The zero-order valence-corrected chi connectivity index (χ0v) is 12.9. The van der Waals surface area contributed by atoms with Crippen LogP contribution in [0.15, 0.2) is 30.3 Å². The van der Waals surface area contributed by atoms with E-state index < -0.39 is 6.10 Å². The standard InChI is InChI=1S/C19H19NO2/c1-12-5-6-13(2)19(16(21)11-20)18(12)15-7-8-17-14(10-15)4-3-9-22-17/h5-8,10,16,21H,3-4,9H2,1-2H3. The minimum Gasteiger partial charge on any atom is -0.493 e. The molecule has 1 aliphatic rings. The zero-order chi connectivity index (χ0) is 15.7. The van der Waals surface area contributed by atoms with Crippen molar-refractivity contribution in [3.05, 3.63) is 52.6 Å². The molecular weight excluding hydrogens is 274 g/mol. The van der Waals surface area contributed by atoms with Crippen LogP contribution in [-0.2, 0) is 6.42 Å². The van der Waals surface area contributed by atoms with E-state index in [0.717, 1.165) is 47.5 Å². The van der Waals surface area contributed by atoms with Gasteiger partial charge in [0, 0.05) is 5.56 Å². The lowest BCUT2D eigenvalue weighted by Crippen LogP contribution is -2.08. The van der Waals surface area contributed by atoms with Crippen molar-refractivity contribution in [1.82, 2.24) is 0 Å². The minimum atomic E-state index is -1.11. The Kier molecular flexibility index (Phi) is 3.87. The molecule has 0 fully saturated rings. The molecule has 22 heavy (non-hydrogen) atoms. The average Bonchev–Trinajstić information content (AvgIpc) is 2.55. The summed E-state index contributed by atoms with van der Waals surface area (Å²) in [5.41, 5.74) is 5.90. The Morgan fingerprint density at radius 3 is 2.73 bits per heavy atom. The third-order valence-corrected chi connectivity index (χ3v) is 4.26. The number of benzene rings is 2. The van der Waals surface area contributed by atoms with E-state index in [-0.39, 0.29) is 0 Å². The van der Waals surface area contributed by atoms with Gasteiger partial charge in [0.15, 0.2) is 6.10 Å². The lowest BCUT2D eigenvalue weighted by atomic mass is 9.88. The second-order valence-corrected chi connectivity index (χ2v) is 5.79. The Hall–Kier alpha value is -2.31. The second kappa shape index (κ2) is 5.82. The molecular formula is C19H19NO2. The third kappa shape index (κ3) is 2.47. The van der Waals surface area contributed by atoms with Crippen LogP contribution >= 0.6 is 0 Å². The fraction of sp³-hybridized carbons (Fsp3) is 0.316. The summed E-state index contributed by atoms with van der Waals surface area (Å²) >= 11 is 0. The quantitative estimate of drug-likeness (QED) is 0.856. The Labute approximate surface area is 130 Å². The van der Waals surface area contributed by atoms with Crippen molar-refractivity contribution in [3.8, 4) is 22.9 Å². The van der Waals surface area contributed by atoms with E-state index in [4.69, 9.17) is 10.00 Å². The highest BCUT2D eigenvalue weighted by Gasteiger charge is 2.19. The first kappa shape index (κ1) is 14.6. The predicted molar refractivity (Wildman–Crippen MR) is 85.7 cm³/mol. The number of aliphatic hydroxyl groups is 1. The molecule has 0 saturated carbocycles. The van der Waals surface area contributed by atoms with Gasteiger partial charge in [0.1, 0.15) is 5.75 Å². The maximum atomic E-state index is 10.1. The highest BCUT2D eigenvalue weighted by atomic mass is 16.5. The van der Waals surface area contributed by atoms with Crippen LogP contribution in [0.1, 0.15) is 34.8 Å². The van der Waals surface area contributed by atoms with Crippen LogP contribution in [0, 0.1) is 25.2 Å². The Morgan fingerprint density at radius 1 is 1.18 bits per heavy atom. The van der Waals surface area contributed by atoms with Crippen LogP contribution in [0.25, 0.3) is 11.1 Å². The number of aliphatic hydroxyl groups excluding tert-OH is 1. The van der Waals surface area contributed by atoms with Crippen molar-refractivity contribution in [2.24, 2.45) is 0 Å². The first-order valence-corrected chi connectivity index (χ1v) is 7.55. The fourth-order valence-electron chi connectivity index (χ4n) is 3.15. The average molecular weight is 293 g/mol. The molecule has 2 aromatic rings. The van der Waals surface area contributed by atoms with Crippen molar-refractivity contribution in [3.63, 3.8) is 0 Å². The summed E-state index contributed by atoms with van der Waals surface area (Å²) in [6.45, 7) is 4.72. The largest absolute Gasteiger partial charge is 0.493 e. The summed E-state index contributed by atoms with van der Waals surface area (Å²) in [5.74, 6) is 0.947. The maximum Gasteiger partial charge on any atom is 0.166 e. The summed E-state index contributed by atoms with van der Waals surface area (Å²) in [6.07, 6.45) is 0.920. The molecule has 0 saturated heterocycles. The van der Waals surface area contributed by atoms with Gasteiger partial charge in [-0.05, 0) is 66.6 Å². The molecule has 2 aromatic carbocycles. The molecule has 1 unspecified atom stereocenters. The van der Waals surface area contributed by atoms with E-state index in [9.17, 15) is 5.11 Å². The van der Waals surface area contributed by atoms with Gasteiger partial charge >= 0.3 is 0 Å². The SMILES string of the molecule is Cc1ccc(C)c(C(O)C#N)c1-c1ccc2c(c1)CCCO2. The van der Waals surface area contributed by atoms with Gasteiger partial charge < -0.3 is 9.84 Å². The van der Waals surface area contributed by atoms with Crippen molar-refractivity contribution in [2.75, 3.05) is 6.61 Å². The van der Waals surface area contributed by atoms with Crippen molar-refractivity contribution < 1.29 is 9.84 Å². The molecule has 0 aliphatic carbocycles. The predicted octanol–water partition coefficient (Wildman–Crippen LogP) is 3.85. The topological polar surface area (TPSA) is 53.2 Å². The summed E-state index contributed by atoms with van der Waals surface area (Å²) < 4.78 is 5.67. The van der Waals surface area contributed by atoms with E-state index in [2.05, 4.69) is 6.07 Å². The third-order valence-electron chi connectivity index (χ3n) is 4.26. The molecule has 0 bridgehead atoms. The van der Waals surface area contributed by atoms with Gasteiger partial charge in [-0.15, -0.1) is 0 Å².